The molecular weight excluding hydrogens is 292 g/mol. The van der Waals surface area contributed by atoms with Gasteiger partial charge in [-0.2, -0.15) is 4.80 Å². The quantitative estimate of drug-likeness (QED) is 0.902. The number of amides is 1. The lowest BCUT2D eigenvalue weighted by Gasteiger charge is -2.23. The molecule has 2 unspecified atom stereocenters. The van der Waals surface area contributed by atoms with Gasteiger partial charge in [-0.25, -0.2) is 0 Å². The van der Waals surface area contributed by atoms with Gasteiger partial charge in [-0.05, 0) is 24.5 Å². The maximum atomic E-state index is 12.5. The minimum absolute atomic E-state index is 0.0661. The first-order valence-corrected chi connectivity index (χ1v) is 8.15. The molecule has 2 aliphatic rings. The van der Waals surface area contributed by atoms with Crippen molar-refractivity contribution in [1.29, 1.82) is 0 Å². The van der Waals surface area contributed by atoms with Gasteiger partial charge in [-0.15, -0.1) is 10.2 Å². The van der Waals surface area contributed by atoms with Crippen LogP contribution in [0.4, 0.5) is 0 Å². The van der Waals surface area contributed by atoms with Gasteiger partial charge in [0.05, 0.1) is 0 Å². The van der Waals surface area contributed by atoms with E-state index in [1.54, 1.807) is 0 Å². The van der Waals surface area contributed by atoms with Crippen LogP contribution in [-0.4, -0.2) is 56.2 Å². The first-order valence-electron chi connectivity index (χ1n) is 8.15. The lowest BCUT2D eigenvalue weighted by Crippen LogP contribution is -2.40. The molecule has 2 bridgehead atoms. The summed E-state index contributed by atoms with van der Waals surface area (Å²) in [5.74, 6) is 0.617. The Kier molecular flexibility index (Phi) is 3.78. The van der Waals surface area contributed by atoms with E-state index in [0.29, 0.717) is 17.9 Å². The van der Waals surface area contributed by atoms with Gasteiger partial charge in [0.25, 0.3) is 0 Å². The molecule has 0 aliphatic carbocycles. The average molecular weight is 312 g/mol. The monoisotopic (exact) mass is 312 g/mol. The topological polar surface area (TPSA) is 75.9 Å². The number of nitrogens with one attached hydrogen (secondary N) is 1. The molecule has 0 spiro atoms. The number of aromatic nitrogens is 4. The molecule has 7 heteroatoms. The van der Waals surface area contributed by atoms with E-state index in [-0.39, 0.29) is 12.5 Å². The average Bonchev–Trinajstić information content (AvgIpc) is 3.14. The van der Waals surface area contributed by atoms with Crippen LogP contribution in [0.3, 0.4) is 0 Å². The highest BCUT2D eigenvalue weighted by atomic mass is 16.2. The van der Waals surface area contributed by atoms with Gasteiger partial charge in [0, 0.05) is 30.7 Å². The van der Waals surface area contributed by atoms with Crippen LogP contribution < -0.4 is 5.32 Å². The molecule has 2 saturated heterocycles. The summed E-state index contributed by atoms with van der Waals surface area (Å²) in [5.41, 5.74) is 0.905. The van der Waals surface area contributed by atoms with Gasteiger partial charge in [-0.1, -0.05) is 30.3 Å². The maximum absolute atomic E-state index is 12.5. The largest absolute Gasteiger partial charge is 0.339 e. The number of hydrogen-bond acceptors (Lipinski definition) is 5. The fourth-order valence-corrected chi connectivity index (χ4v) is 3.40. The van der Waals surface area contributed by atoms with Crippen LogP contribution in [0.2, 0.25) is 0 Å². The summed E-state index contributed by atoms with van der Waals surface area (Å²) in [4.78, 5) is 15.8. The summed E-state index contributed by atoms with van der Waals surface area (Å²) >= 11 is 0. The second-order valence-corrected chi connectivity index (χ2v) is 6.28. The molecule has 1 aromatic carbocycles. The fraction of sp³-hybridized carbons (Fsp3) is 0.500. The summed E-state index contributed by atoms with van der Waals surface area (Å²) in [5, 5.41) is 16.0. The van der Waals surface area contributed by atoms with Crippen molar-refractivity contribution < 1.29 is 4.79 Å². The highest BCUT2D eigenvalue weighted by Crippen LogP contribution is 2.20. The first kappa shape index (κ1) is 14.3. The number of benzene rings is 1. The van der Waals surface area contributed by atoms with Crippen molar-refractivity contribution in [3.63, 3.8) is 0 Å². The van der Waals surface area contributed by atoms with Crippen LogP contribution in [0.25, 0.3) is 11.4 Å². The SMILES string of the molecule is O=C(Cn1nnc(-c2ccccc2)n1)N1CCC2CCC(C1)N2. The Morgan fingerprint density at radius 1 is 1.17 bits per heavy atom. The van der Waals surface area contributed by atoms with E-state index in [2.05, 4.69) is 20.7 Å². The van der Waals surface area contributed by atoms with Gasteiger partial charge in [0.2, 0.25) is 11.7 Å². The predicted octanol–water partition coefficient (Wildman–Crippen LogP) is 0.693. The summed E-state index contributed by atoms with van der Waals surface area (Å²) in [6.45, 7) is 1.75. The van der Waals surface area contributed by atoms with E-state index in [4.69, 9.17) is 0 Å². The van der Waals surface area contributed by atoms with E-state index >= 15 is 0 Å². The van der Waals surface area contributed by atoms with Crippen molar-refractivity contribution in [3.05, 3.63) is 30.3 Å². The Morgan fingerprint density at radius 3 is 2.87 bits per heavy atom. The third-order valence-electron chi connectivity index (χ3n) is 4.64. The molecule has 0 radical (unpaired) electrons. The molecule has 2 aromatic rings. The zero-order valence-electron chi connectivity index (χ0n) is 12.9. The Labute approximate surface area is 134 Å². The van der Waals surface area contributed by atoms with Crippen LogP contribution in [0.1, 0.15) is 19.3 Å². The number of rotatable bonds is 3. The zero-order valence-corrected chi connectivity index (χ0v) is 12.9. The highest BCUT2D eigenvalue weighted by molar-refractivity contribution is 5.76. The number of fused-ring (bicyclic) bond motifs is 2. The molecule has 120 valence electrons. The maximum Gasteiger partial charge on any atom is 0.246 e. The number of carbonyl (C=O) groups excluding carboxylic acids is 1. The van der Waals surface area contributed by atoms with Gasteiger partial charge in [-0.3, -0.25) is 4.79 Å². The van der Waals surface area contributed by atoms with Crippen LogP contribution in [0.5, 0.6) is 0 Å². The van der Waals surface area contributed by atoms with Crippen LogP contribution in [-0.2, 0) is 11.3 Å². The second kappa shape index (κ2) is 6.08. The molecule has 2 aliphatic heterocycles. The third-order valence-corrected chi connectivity index (χ3v) is 4.64. The summed E-state index contributed by atoms with van der Waals surface area (Å²) in [6, 6.07) is 10.7. The lowest BCUT2D eigenvalue weighted by molar-refractivity contribution is -0.132. The van der Waals surface area contributed by atoms with Gasteiger partial charge in [0.15, 0.2) is 0 Å². The van der Waals surface area contributed by atoms with Gasteiger partial charge in [0.1, 0.15) is 6.54 Å². The Bertz CT molecular complexity index is 685. The van der Waals surface area contributed by atoms with E-state index in [9.17, 15) is 4.79 Å². The van der Waals surface area contributed by atoms with Crippen LogP contribution >= 0.6 is 0 Å². The third kappa shape index (κ3) is 3.10. The molecular formula is C16H20N6O. The standard InChI is InChI=1S/C16H20N6O/c23-15(21-9-8-13-6-7-14(10-21)17-13)11-22-19-16(18-20-22)12-4-2-1-3-5-12/h1-5,13-14,17H,6-11H2. The van der Waals surface area contributed by atoms with Crippen molar-refractivity contribution in [2.45, 2.75) is 37.9 Å². The summed E-state index contributed by atoms with van der Waals surface area (Å²) < 4.78 is 0. The smallest absolute Gasteiger partial charge is 0.246 e. The number of tetrazole rings is 1. The number of likely N-dealkylation sites (tertiary alicyclic amines) is 1. The highest BCUT2D eigenvalue weighted by Gasteiger charge is 2.31. The van der Waals surface area contributed by atoms with E-state index in [1.807, 2.05) is 35.2 Å². The molecule has 2 fully saturated rings. The molecule has 23 heavy (non-hydrogen) atoms. The Hall–Kier alpha value is -2.28. The molecule has 3 heterocycles. The second-order valence-electron chi connectivity index (χ2n) is 6.28. The lowest BCUT2D eigenvalue weighted by atomic mass is 10.1. The van der Waals surface area contributed by atoms with Crippen molar-refractivity contribution in [2.75, 3.05) is 13.1 Å². The summed E-state index contributed by atoms with van der Waals surface area (Å²) in [6.07, 6.45) is 3.42. The minimum Gasteiger partial charge on any atom is -0.339 e. The molecule has 1 aromatic heterocycles. The van der Waals surface area contributed by atoms with E-state index < -0.39 is 0 Å². The Morgan fingerprint density at radius 2 is 2.00 bits per heavy atom. The van der Waals surface area contributed by atoms with Crippen molar-refractivity contribution in [2.24, 2.45) is 0 Å². The molecule has 4 rings (SSSR count). The molecule has 0 saturated carbocycles. The minimum atomic E-state index is 0.0661. The molecule has 1 amide bonds. The number of hydrogen-bond donors (Lipinski definition) is 1. The first-order chi connectivity index (χ1) is 11.3. The number of nitrogens with zero attached hydrogens (tertiary/aromatic N) is 5. The molecule has 2 atom stereocenters. The van der Waals surface area contributed by atoms with Crippen LogP contribution in [0, 0.1) is 0 Å². The van der Waals surface area contributed by atoms with Crippen LogP contribution in [0.15, 0.2) is 30.3 Å². The van der Waals surface area contributed by atoms with Gasteiger partial charge >= 0.3 is 0 Å². The van der Waals surface area contributed by atoms with E-state index in [1.165, 1.54) is 11.2 Å². The normalized spacial score (nSPS) is 23.7. The summed E-state index contributed by atoms with van der Waals surface area (Å²) in [7, 11) is 0. The predicted molar refractivity (Wildman–Crippen MR) is 84.4 cm³/mol. The van der Waals surface area contributed by atoms with E-state index in [0.717, 1.165) is 31.5 Å². The number of carbonyl (C=O) groups is 1. The van der Waals surface area contributed by atoms with Crippen molar-refractivity contribution in [1.82, 2.24) is 30.4 Å². The zero-order chi connectivity index (χ0) is 15.6. The molecule has 7 nitrogen and oxygen atoms in total. The van der Waals surface area contributed by atoms with Crippen molar-refractivity contribution >= 4 is 5.91 Å². The Balaban J connectivity index is 1.42. The van der Waals surface area contributed by atoms with Gasteiger partial charge < -0.3 is 10.2 Å². The molecule has 1 N–H and O–H groups in total. The fourth-order valence-electron chi connectivity index (χ4n) is 3.40. The van der Waals surface area contributed by atoms with Crippen molar-refractivity contribution in [3.8, 4) is 11.4 Å².